The van der Waals surface area contributed by atoms with Gasteiger partial charge in [0.1, 0.15) is 6.07 Å². The third-order valence-corrected chi connectivity index (χ3v) is 3.22. The first-order valence-corrected chi connectivity index (χ1v) is 5.87. The molecule has 1 aliphatic heterocycles. The predicted octanol–water partition coefficient (Wildman–Crippen LogP) is 3.83. The lowest BCUT2D eigenvalue weighted by Crippen LogP contribution is -2.20. The van der Waals surface area contributed by atoms with Crippen molar-refractivity contribution in [3.63, 3.8) is 0 Å². The molecule has 0 N–H and O–H groups in total. The number of alkyl halides is 3. The SMILES string of the molecule is N#Cc1cc(C(F)(F)F)cc(Cl)c1N1CCCC1. The van der Waals surface area contributed by atoms with Gasteiger partial charge >= 0.3 is 6.18 Å². The summed E-state index contributed by atoms with van der Waals surface area (Å²) in [6.07, 6.45) is -2.57. The number of hydrogen-bond donors (Lipinski definition) is 0. The lowest BCUT2D eigenvalue weighted by molar-refractivity contribution is -0.137. The lowest BCUT2D eigenvalue weighted by Gasteiger charge is -2.21. The fraction of sp³-hybridized carbons (Fsp3) is 0.417. The highest BCUT2D eigenvalue weighted by Gasteiger charge is 2.33. The summed E-state index contributed by atoms with van der Waals surface area (Å²) >= 11 is 5.91. The molecule has 1 fully saturated rings. The molecule has 96 valence electrons. The van der Waals surface area contributed by atoms with E-state index < -0.39 is 11.7 Å². The van der Waals surface area contributed by atoms with E-state index in [1.807, 2.05) is 4.90 Å². The van der Waals surface area contributed by atoms with Crippen molar-refractivity contribution in [2.45, 2.75) is 19.0 Å². The fourth-order valence-corrected chi connectivity index (χ4v) is 2.45. The van der Waals surface area contributed by atoms with Gasteiger partial charge in [-0.25, -0.2) is 0 Å². The minimum Gasteiger partial charge on any atom is -0.369 e. The van der Waals surface area contributed by atoms with Crippen LogP contribution in [0.1, 0.15) is 24.0 Å². The van der Waals surface area contributed by atoms with E-state index in [1.54, 1.807) is 6.07 Å². The van der Waals surface area contributed by atoms with Crippen molar-refractivity contribution in [2.75, 3.05) is 18.0 Å². The van der Waals surface area contributed by atoms with Gasteiger partial charge in [0.25, 0.3) is 0 Å². The monoisotopic (exact) mass is 274 g/mol. The van der Waals surface area contributed by atoms with Crippen molar-refractivity contribution in [1.82, 2.24) is 0 Å². The Bertz CT molecular complexity index is 499. The zero-order valence-electron chi connectivity index (χ0n) is 9.39. The third kappa shape index (κ3) is 2.39. The summed E-state index contributed by atoms with van der Waals surface area (Å²) in [5.74, 6) is 0. The van der Waals surface area contributed by atoms with Gasteiger partial charge in [0, 0.05) is 13.1 Å². The van der Waals surface area contributed by atoms with Crippen LogP contribution in [0.2, 0.25) is 5.02 Å². The number of hydrogen-bond acceptors (Lipinski definition) is 2. The van der Waals surface area contributed by atoms with E-state index in [1.165, 1.54) is 0 Å². The van der Waals surface area contributed by atoms with E-state index in [-0.39, 0.29) is 10.6 Å². The Morgan fingerprint density at radius 3 is 2.33 bits per heavy atom. The lowest BCUT2D eigenvalue weighted by atomic mass is 10.1. The second kappa shape index (κ2) is 4.69. The van der Waals surface area contributed by atoms with Gasteiger partial charge in [0.05, 0.1) is 21.8 Å². The zero-order valence-corrected chi connectivity index (χ0v) is 10.1. The molecule has 2 rings (SSSR count). The molecular formula is C12H10ClF3N2. The Balaban J connectivity index is 2.51. The van der Waals surface area contributed by atoms with Gasteiger partial charge in [-0.15, -0.1) is 0 Å². The molecule has 1 aromatic carbocycles. The van der Waals surface area contributed by atoms with Crippen molar-refractivity contribution in [1.29, 1.82) is 5.26 Å². The van der Waals surface area contributed by atoms with Crippen LogP contribution in [-0.4, -0.2) is 13.1 Å². The van der Waals surface area contributed by atoms with Crippen LogP contribution in [0.5, 0.6) is 0 Å². The predicted molar refractivity (Wildman–Crippen MR) is 62.6 cm³/mol. The fourth-order valence-electron chi connectivity index (χ4n) is 2.11. The summed E-state index contributed by atoms with van der Waals surface area (Å²) in [5.41, 5.74) is -0.478. The first-order chi connectivity index (χ1) is 8.43. The number of benzene rings is 1. The molecule has 1 aliphatic rings. The summed E-state index contributed by atoms with van der Waals surface area (Å²) in [7, 11) is 0. The molecule has 0 amide bonds. The zero-order chi connectivity index (χ0) is 13.3. The molecule has 0 unspecified atom stereocenters. The quantitative estimate of drug-likeness (QED) is 0.778. The standard InChI is InChI=1S/C12H10ClF3N2/c13-10-6-9(12(14,15)16)5-8(7-17)11(10)18-3-1-2-4-18/h5-6H,1-4H2. The van der Waals surface area contributed by atoms with Gasteiger partial charge in [-0.05, 0) is 25.0 Å². The van der Waals surface area contributed by atoms with E-state index in [0.29, 0.717) is 5.69 Å². The number of halogens is 4. The Hall–Kier alpha value is -1.41. The summed E-state index contributed by atoms with van der Waals surface area (Å²) < 4.78 is 37.8. The second-order valence-electron chi connectivity index (χ2n) is 4.16. The van der Waals surface area contributed by atoms with Crippen molar-refractivity contribution in [3.8, 4) is 6.07 Å². The number of anilines is 1. The molecule has 1 heterocycles. The largest absolute Gasteiger partial charge is 0.416 e. The third-order valence-electron chi connectivity index (χ3n) is 2.93. The molecule has 0 spiro atoms. The van der Waals surface area contributed by atoms with Gasteiger partial charge in [0.2, 0.25) is 0 Å². The normalized spacial score (nSPS) is 15.8. The first kappa shape index (κ1) is 13.0. The van der Waals surface area contributed by atoms with Gasteiger partial charge in [-0.3, -0.25) is 0 Å². The van der Waals surface area contributed by atoms with Crippen LogP contribution < -0.4 is 4.90 Å². The first-order valence-electron chi connectivity index (χ1n) is 5.49. The molecule has 1 aromatic rings. The van der Waals surface area contributed by atoms with E-state index >= 15 is 0 Å². The van der Waals surface area contributed by atoms with Crippen LogP contribution in [0.3, 0.4) is 0 Å². The van der Waals surface area contributed by atoms with E-state index in [9.17, 15) is 13.2 Å². The van der Waals surface area contributed by atoms with Crippen molar-refractivity contribution >= 4 is 17.3 Å². The highest BCUT2D eigenvalue weighted by Crippen LogP contribution is 2.38. The van der Waals surface area contributed by atoms with Gasteiger partial charge in [-0.2, -0.15) is 18.4 Å². The molecule has 0 aromatic heterocycles. The Morgan fingerprint density at radius 2 is 1.83 bits per heavy atom. The topological polar surface area (TPSA) is 27.0 Å². The summed E-state index contributed by atoms with van der Waals surface area (Å²) in [4.78, 5) is 1.86. The minimum absolute atomic E-state index is 0.0109. The molecule has 6 heteroatoms. The average molecular weight is 275 g/mol. The molecule has 18 heavy (non-hydrogen) atoms. The number of nitrogens with zero attached hydrogens (tertiary/aromatic N) is 2. The van der Waals surface area contributed by atoms with Crippen LogP contribution in [-0.2, 0) is 6.18 Å². The van der Waals surface area contributed by atoms with Crippen LogP contribution in [0, 0.1) is 11.3 Å². The molecule has 0 radical (unpaired) electrons. The van der Waals surface area contributed by atoms with Crippen LogP contribution in [0.15, 0.2) is 12.1 Å². The summed E-state index contributed by atoms with van der Waals surface area (Å²) in [6, 6.07) is 3.55. The van der Waals surface area contributed by atoms with Crippen LogP contribution >= 0.6 is 11.6 Å². The van der Waals surface area contributed by atoms with Crippen molar-refractivity contribution in [3.05, 3.63) is 28.3 Å². The van der Waals surface area contributed by atoms with E-state index in [2.05, 4.69) is 0 Å². The Morgan fingerprint density at radius 1 is 1.22 bits per heavy atom. The molecular weight excluding hydrogens is 265 g/mol. The Labute approximate surface area is 108 Å². The molecule has 0 bridgehead atoms. The molecule has 2 nitrogen and oxygen atoms in total. The minimum atomic E-state index is -4.49. The van der Waals surface area contributed by atoms with Crippen molar-refractivity contribution in [2.24, 2.45) is 0 Å². The molecule has 0 atom stereocenters. The van der Waals surface area contributed by atoms with Gasteiger partial charge < -0.3 is 4.90 Å². The highest BCUT2D eigenvalue weighted by molar-refractivity contribution is 6.33. The van der Waals surface area contributed by atoms with Crippen molar-refractivity contribution < 1.29 is 13.2 Å². The molecule has 1 saturated heterocycles. The van der Waals surface area contributed by atoms with Gasteiger partial charge in [0.15, 0.2) is 0 Å². The summed E-state index contributed by atoms with van der Waals surface area (Å²) in [6.45, 7) is 1.44. The highest BCUT2D eigenvalue weighted by atomic mass is 35.5. The molecule has 0 aliphatic carbocycles. The smallest absolute Gasteiger partial charge is 0.369 e. The van der Waals surface area contributed by atoms with E-state index in [0.717, 1.165) is 38.1 Å². The maximum atomic E-state index is 12.6. The van der Waals surface area contributed by atoms with Gasteiger partial charge in [-0.1, -0.05) is 11.6 Å². The Kier molecular flexibility index (Phi) is 3.40. The maximum absolute atomic E-state index is 12.6. The van der Waals surface area contributed by atoms with Crippen LogP contribution in [0.4, 0.5) is 18.9 Å². The van der Waals surface area contributed by atoms with E-state index in [4.69, 9.17) is 16.9 Å². The second-order valence-corrected chi connectivity index (χ2v) is 4.57. The average Bonchev–Trinajstić information content (AvgIpc) is 2.79. The maximum Gasteiger partial charge on any atom is 0.416 e. The number of rotatable bonds is 1. The summed E-state index contributed by atoms with van der Waals surface area (Å²) in [5, 5.41) is 8.98. The van der Waals surface area contributed by atoms with Crippen LogP contribution in [0.25, 0.3) is 0 Å². The number of nitriles is 1. The molecule has 0 saturated carbocycles.